The van der Waals surface area contributed by atoms with Crippen molar-refractivity contribution in [2.45, 2.75) is 6.54 Å². The maximum absolute atomic E-state index is 13.0. The van der Waals surface area contributed by atoms with Crippen LogP contribution in [0.2, 0.25) is 0 Å². The number of hydrogen-bond acceptors (Lipinski definition) is 2. The lowest BCUT2D eigenvalue weighted by Gasteiger charge is -2.10. The van der Waals surface area contributed by atoms with Crippen molar-refractivity contribution in [1.29, 1.82) is 0 Å². The lowest BCUT2D eigenvalue weighted by Crippen LogP contribution is -1.99. The van der Waals surface area contributed by atoms with E-state index in [1.54, 1.807) is 18.2 Å². The molecule has 0 unspecified atom stereocenters. The summed E-state index contributed by atoms with van der Waals surface area (Å²) in [5, 5.41) is 0. The highest BCUT2D eigenvalue weighted by atomic mass is 79.9. The average molecular weight is 296 g/mol. The van der Waals surface area contributed by atoms with Gasteiger partial charge in [0.25, 0.3) is 0 Å². The van der Waals surface area contributed by atoms with E-state index in [1.165, 1.54) is 12.1 Å². The Morgan fingerprint density at radius 1 is 1.18 bits per heavy atom. The van der Waals surface area contributed by atoms with E-state index < -0.39 is 0 Å². The predicted molar refractivity (Wildman–Crippen MR) is 68.5 cm³/mol. The molecule has 0 heterocycles. The van der Waals surface area contributed by atoms with Crippen LogP contribution in [0.5, 0.6) is 11.5 Å². The zero-order chi connectivity index (χ0) is 12.3. The van der Waals surface area contributed by atoms with Gasteiger partial charge in [0.15, 0.2) is 0 Å². The monoisotopic (exact) mass is 295 g/mol. The molecule has 0 spiro atoms. The fourth-order valence-corrected chi connectivity index (χ4v) is 1.87. The van der Waals surface area contributed by atoms with E-state index >= 15 is 0 Å². The molecule has 0 aliphatic heterocycles. The third kappa shape index (κ3) is 3.05. The number of halogens is 2. The molecule has 17 heavy (non-hydrogen) atoms. The normalized spacial score (nSPS) is 10.3. The van der Waals surface area contributed by atoms with Crippen LogP contribution < -0.4 is 10.5 Å². The molecule has 0 atom stereocenters. The first-order valence-corrected chi connectivity index (χ1v) is 5.90. The molecule has 2 rings (SSSR count). The van der Waals surface area contributed by atoms with E-state index in [1.807, 2.05) is 12.1 Å². The quantitative estimate of drug-likeness (QED) is 0.934. The van der Waals surface area contributed by atoms with Gasteiger partial charge in [-0.2, -0.15) is 0 Å². The van der Waals surface area contributed by atoms with Crippen LogP contribution in [0, 0.1) is 5.82 Å². The van der Waals surface area contributed by atoms with E-state index in [2.05, 4.69) is 15.9 Å². The zero-order valence-electron chi connectivity index (χ0n) is 8.99. The molecule has 0 aromatic heterocycles. The Kier molecular flexibility index (Phi) is 3.76. The summed E-state index contributed by atoms with van der Waals surface area (Å²) in [6.45, 7) is 0.365. The molecule has 0 amide bonds. The Labute approximate surface area is 107 Å². The summed E-state index contributed by atoms with van der Waals surface area (Å²) in [5.41, 5.74) is 6.49. The van der Waals surface area contributed by atoms with Crippen LogP contribution in [-0.2, 0) is 6.54 Å². The summed E-state index contributed by atoms with van der Waals surface area (Å²) < 4.78 is 19.5. The number of rotatable bonds is 3. The van der Waals surface area contributed by atoms with Crippen molar-refractivity contribution in [2.75, 3.05) is 0 Å². The molecule has 0 aliphatic carbocycles. The van der Waals surface area contributed by atoms with Crippen molar-refractivity contribution >= 4 is 15.9 Å². The van der Waals surface area contributed by atoms with Crippen LogP contribution in [-0.4, -0.2) is 0 Å². The molecule has 2 N–H and O–H groups in total. The van der Waals surface area contributed by atoms with Crippen molar-refractivity contribution in [3.8, 4) is 11.5 Å². The number of hydrogen-bond donors (Lipinski definition) is 1. The largest absolute Gasteiger partial charge is 0.457 e. The summed E-state index contributed by atoms with van der Waals surface area (Å²) in [7, 11) is 0. The van der Waals surface area contributed by atoms with Gasteiger partial charge in [-0.05, 0) is 30.3 Å². The summed E-state index contributed by atoms with van der Waals surface area (Å²) in [5.74, 6) is 0.775. The van der Waals surface area contributed by atoms with Gasteiger partial charge in [0.1, 0.15) is 17.3 Å². The lowest BCUT2D eigenvalue weighted by atomic mass is 10.2. The molecule has 0 fully saturated rings. The van der Waals surface area contributed by atoms with E-state index in [9.17, 15) is 4.39 Å². The molecular weight excluding hydrogens is 285 g/mol. The van der Waals surface area contributed by atoms with E-state index in [0.717, 1.165) is 10.0 Å². The maximum Gasteiger partial charge on any atom is 0.131 e. The summed E-state index contributed by atoms with van der Waals surface area (Å²) in [4.78, 5) is 0. The van der Waals surface area contributed by atoms with Gasteiger partial charge in [-0.1, -0.05) is 22.0 Å². The fourth-order valence-electron chi connectivity index (χ4n) is 1.46. The molecular formula is C13H11BrFNO. The third-order valence-corrected chi connectivity index (χ3v) is 2.76. The maximum atomic E-state index is 13.0. The second kappa shape index (κ2) is 5.29. The van der Waals surface area contributed by atoms with Gasteiger partial charge < -0.3 is 10.5 Å². The van der Waals surface area contributed by atoms with Gasteiger partial charge in [-0.3, -0.25) is 0 Å². The van der Waals surface area contributed by atoms with Crippen molar-refractivity contribution in [3.63, 3.8) is 0 Å². The highest BCUT2D eigenvalue weighted by molar-refractivity contribution is 9.10. The number of benzene rings is 2. The van der Waals surface area contributed by atoms with Crippen LogP contribution in [0.4, 0.5) is 4.39 Å². The Balaban J connectivity index is 2.29. The minimum absolute atomic E-state index is 0.325. The molecule has 88 valence electrons. The molecule has 0 aliphatic rings. The van der Waals surface area contributed by atoms with Gasteiger partial charge in [-0.25, -0.2) is 4.39 Å². The van der Waals surface area contributed by atoms with Gasteiger partial charge in [0.2, 0.25) is 0 Å². The standard InChI is InChI=1S/C13H11BrFNO/c14-10-4-5-13(9(6-10)8-16)17-12-3-1-2-11(15)7-12/h1-7H,8,16H2. The summed E-state index contributed by atoms with van der Waals surface area (Å²) >= 11 is 3.36. The number of nitrogens with two attached hydrogens (primary N) is 1. The molecule has 4 heteroatoms. The minimum atomic E-state index is -0.325. The van der Waals surface area contributed by atoms with Crippen LogP contribution in [0.15, 0.2) is 46.9 Å². The van der Waals surface area contributed by atoms with Crippen LogP contribution in [0.1, 0.15) is 5.56 Å². The van der Waals surface area contributed by atoms with Gasteiger partial charge in [-0.15, -0.1) is 0 Å². The number of ether oxygens (including phenoxy) is 1. The van der Waals surface area contributed by atoms with Gasteiger partial charge in [0, 0.05) is 22.6 Å². The lowest BCUT2D eigenvalue weighted by molar-refractivity contribution is 0.471. The van der Waals surface area contributed by atoms with Gasteiger partial charge in [0.05, 0.1) is 0 Å². The Morgan fingerprint density at radius 2 is 2.00 bits per heavy atom. The van der Waals surface area contributed by atoms with E-state index in [0.29, 0.717) is 18.0 Å². The first-order chi connectivity index (χ1) is 8.19. The molecule has 2 aromatic carbocycles. The molecule has 2 aromatic rings. The van der Waals surface area contributed by atoms with Crippen LogP contribution in [0.25, 0.3) is 0 Å². The first kappa shape index (κ1) is 12.1. The van der Waals surface area contributed by atoms with E-state index in [4.69, 9.17) is 10.5 Å². The Morgan fingerprint density at radius 3 is 2.71 bits per heavy atom. The SMILES string of the molecule is NCc1cc(Br)ccc1Oc1cccc(F)c1. The van der Waals surface area contributed by atoms with Crippen LogP contribution in [0.3, 0.4) is 0 Å². The highest BCUT2D eigenvalue weighted by Gasteiger charge is 2.05. The predicted octanol–water partition coefficient (Wildman–Crippen LogP) is 3.84. The minimum Gasteiger partial charge on any atom is -0.457 e. The molecule has 2 nitrogen and oxygen atoms in total. The topological polar surface area (TPSA) is 35.2 Å². The van der Waals surface area contributed by atoms with Crippen molar-refractivity contribution in [1.82, 2.24) is 0 Å². The van der Waals surface area contributed by atoms with Gasteiger partial charge >= 0.3 is 0 Å². The second-order valence-electron chi connectivity index (χ2n) is 3.52. The van der Waals surface area contributed by atoms with E-state index in [-0.39, 0.29) is 5.82 Å². The Hall–Kier alpha value is -1.39. The third-order valence-electron chi connectivity index (χ3n) is 2.27. The van der Waals surface area contributed by atoms with Crippen molar-refractivity contribution in [2.24, 2.45) is 5.73 Å². The highest BCUT2D eigenvalue weighted by Crippen LogP contribution is 2.28. The smallest absolute Gasteiger partial charge is 0.131 e. The first-order valence-electron chi connectivity index (χ1n) is 5.11. The molecule has 0 radical (unpaired) electrons. The fraction of sp³-hybridized carbons (Fsp3) is 0.0769. The summed E-state index contributed by atoms with van der Waals surface area (Å²) in [6, 6.07) is 11.6. The average Bonchev–Trinajstić information content (AvgIpc) is 2.31. The second-order valence-corrected chi connectivity index (χ2v) is 4.43. The molecule has 0 bridgehead atoms. The zero-order valence-corrected chi connectivity index (χ0v) is 10.6. The van der Waals surface area contributed by atoms with Crippen molar-refractivity contribution in [3.05, 3.63) is 58.3 Å². The molecule has 0 saturated carbocycles. The summed E-state index contributed by atoms with van der Waals surface area (Å²) in [6.07, 6.45) is 0. The van der Waals surface area contributed by atoms with Crippen LogP contribution >= 0.6 is 15.9 Å². The molecule has 0 saturated heterocycles. The van der Waals surface area contributed by atoms with Crippen molar-refractivity contribution < 1.29 is 9.13 Å². The Bertz CT molecular complexity index is 531.